The van der Waals surface area contributed by atoms with Gasteiger partial charge in [-0.3, -0.25) is 4.79 Å². The highest BCUT2D eigenvalue weighted by atomic mass is 16.1. The third-order valence-corrected chi connectivity index (χ3v) is 3.59. The minimum Gasteiger partial charge on any atom is -0.309 e. The molecule has 1 atom stereocenters. The first-order valence-electron chi connectivity index (χ1n) is 6.21. The monoisotopic (exact) mass is 244 g/mol. The van der Waals surface area contributed by atoms with E-state index in [2.05, 4.69) is 15.4 Å². The summed E-state index contributed by atoms with van der Waals surface area (Å²) < 4.78 is 1.81. The molecule has 0 radical (unpaired) electrons. The maximum atomic E-state index is 11.5. The number of carbonyl (C=O) groups excluding carboxylic acids is 1. The number of hydrogen-bond donors (Lipinski definition) is 1. The fraction of sp³-hybridized carbons (Fsp3) is 0.462. The van der Waals surface area contributed by atoms with E-state index in [1.807, 2.05) is 26.2 Å². The molecule has 5 nitrogen and oxygen atoms in total. The maximum Gasteiger partial charge on any atom is 0.158 e. The van der Waals surface area contributed by atoms with Crippen LogP contribution >= 0.6 is 0 Å². The lowest BCUT2D eigenvalue weighted by molar-refractivity contribution is -0.120. The molecule has 5 heteroatoms. The standard InChI is InChI=1S/C13H16N4O/c1-8-9(2)16-17-7-10(6-15-13(8)17)12-5-11(18)3-4-14-12/h6-7,12,14H,3-5H2,1-2H3. The Balaban J connectivity index is 2.00. The zero-order valence-electron chi connectivity index (χ0n) is 10.6. The number of ketones is 1. The molecule has 1 unspecified atom stereocenters. The summed E-state index contributed by atoms with van der Waals surface area (Å²) in [4.78, 5) is 15.9. The van der Waals surface area contributed by atoms with Gasteiger partial charge >= 0.3 is 0 Å². The Bertz CT molecular complexity index is 617. The molecule has 1 fully saturated rings. The average Bonchev–Trinajstić information content (AvgIpc) is 2.65. The van der Waals surface area contributed by atoms with Gasteiger partial charge in [0.05, 0.1) is 5.69 Å². The molecule has 94 valence electrons. The largest absolute Gasteiger partial charge is 0.309 e. The number of fused-ring (bicyclic) bond motifs is 1. The van der Waals surface area contributed by atoms with E-state index in [-0.39, 0.29) is 6.04 Å². The molecular formula is C13H16N4O. The Morgan fingerprint density at radius 3 is 3.06 bits per heavy atom. The summed E-state index contributed by atoms with van der Waals surface area (Å²) >= 11 is 0. The molecule has 0 saturated carbocycles. The zero-order valence-corrected chi connectivity index (χ0v) is 10.6. The smallest absolute Gasteiger partial charge is 0.158 e. The second kappa shape index (κ2) is 4.17. The Kier molecular flexibility index (Phi) is 2.63. The number of rotatable bonds is 1. The maximum absolute atomic E-state index is 11.5. The molecule has 1 N–H and O–H groups in total. The summed E-state index contributed by atoms with van der Waals surface area (Å²) in [6, 6.07) is 0.0768. The highest BCUT2D eigenvalue weighted by Gasteiger charge is 2.21. The van der Waals surface area contributed by atoms with E-state index in [0.717, 1.165) is 29.0 Å². The molecule has 1 aliphatic rings. The predicted octanol–water partition coefficient (Wildman–Crippen LogP) is 1.34. The molecule has 3 rings (SSSR count). The van der Waals surface area contributed by atoms with Crippen LogP contribution in [0.25, 0.3) is 5.65 Å². The first-order chi connectivity index (χ1) is 8.65. The van der Waals surface area contributed by atoms with Gasteiger partial charge in [0.1, 0.15) is 5.78 Å². The van der Waals surface area contributed by atoms with Crippen LogP contribution in [-0.4, -0.2) is 26.9 Å². The number of nitrogens with one attached hydrogen (secondary N) is 1. The van der Waals surface area contributed by atoms with Crippen LogP contribution in [0.1, 0.15) is 35.7 Å². The number of hydrogen-bond acceptors (Lipinski definition) is 4. The van der Waals surface area contributed by atoms with Crippen LogP contribution in [0.15, 0.2) is 12.4 Å². The molecule has 0 aromatic carbocycles. The van der Waals surface area contributed by atoms with Gasteiger partial charge in [-0.2, -0.15) is 5.10 Å². The Morgan fingerprint density at radius 1 is 1.44 bits per heavy atom. The van der Waals surface area contributed by atoms with Crippen molar-refractivity contribution in [2.24, 2.45) is 0 Å². The van der Waals surface area contributed by atoms with E-state index < -0.39 is 0 Å². The lowest BCUT2D eigenvalue weighted by atomic mass is 9.99. The minimum atomic E-state index is 0.0768. The quantitative estimate of drug-likeness (QED) is 0.822. The lowest BCUT2D eigenvalue weighted by Gasteiger charge is -2.22. The molecule has 1 saturated heterocycles. The van der Waals surface area contributed by atoms with Gasteiger partial charge in [0.25, 0.3) is 0 Å². The molecule has 18 heavy (non-hydrogen) atoms. The van der Waals surface area contributed by atoms with Crippen LogP contribution in [0.3, 0.4) is 0 Å². The van der Waals surface area contributed by atoms with Crippen molar-refractivity contribution in [1.82, 2.24) is 19.9 Å². The predicted molar refractivity (Wildman–Crippen MR) is 67.4 cm³/mol. The van der Waals surface area contributed by atoms with Crippen LogP contribution in [-0.2, 0) is 4.79 Å². The number of carbonyl (C=O) groups is 1. The summed E-state index contributed by atoms with van der Waals surface area (Å²) in [6.45, 7) is 4.75. The Labute approximate surface area is 105 Å². The number of piperidine rings is 1. The fourth-order valence-corrected chi connectivity index (χ4v) is 2.38. The lowest BCUT2D eigenvalue weighted by Crippen LogP contribution is -2.32. The van der Waals surface area contributed by atoms with Gasteiger partial charge in [-0.25, -0.2) is 9.50 Å². The van der Waals surface area contributed by atoms with E-state index in [4.69, 9.17) is 0 Å². The minimum absolute atomic E-state index is 0.0768. The number of Topliss-reactive ketones (excluding diaryl/α,β-unsaturated/α-hetero) is 1. The van der Waals surface area contributed by atoms with Crippen molar-refractivity contribution < 1.29 is 4.79 Å². The number of aryl methyl sites for hydroxylation is 2. The second-order valence-electron chi connectivity index (χ2n) is 4.87. The summed E-state index contributed by atoms with van der Waals surface area (Å²) in [5, 5.41) is 7.78. The first kappa shape index (κ1) is 11.3. The summed E-state index contributed by atoms with van der Waals surface area (Å²) in [5.74, 6) is 0.312. The Morgan fingerprint density at radius 2 is 2.28 bits per heavy atom. The molecule has 0 amide bonds. The average molecular weight is 244 g/mol. The van der Waals surface area contributed by atoms with Crippen LogP contribution in [0, 0.1) is 13.8 Å². The van der Waals surface area contributed by atoms with Crippen molar-refractivity contribution in [1.29, 1.82) is 0 Å². The normalized spacial score (nSPS) is 20.6. The summed E-state index contributed by atoms with van der Waals surface area (Å²) in [5.41, 5.74) is 4.01. The van der Waals surface area contributed by atoms with Gasteiger partial charge in [0, 0.05) is 48.9 Å². The van der Waals surface area contributed by atoms with E-state index in [0.29, 0.717) is 18.6 Å². The second-order valence-corrected chi connectivity index (χ2v) is 4.87. The van der Waals surface area contributed by atoms with Gasteiger partial charge in [0.15, 0.2) is 5.65 Å². The first-order valence-corrected chi connectivity index (χ1v) is 6.21. The Hall–Kier alpha value is -1.75. The van der Waals surface area contributed by atoms with Crippen molar-refractivity contribution in [2.75, 3.05) is 6.54 Å². The summed E-state index contributed by atoms with van der Waals surface area (Å²) in [6.07, 6.45) is 5.00. The van der Waals surface area contributed by atoms with Crippen LogP contribution in [0.5, 0.6) is 0 Å². The number of aromatic nitrogens is 3. The van der Waals surface area contributed by atoms with Gasteiger partial charge in [-0.05, 0) is 13.8 Å². The van der Waals surface area contributed by atoms with E-state index in [1.54, 1.807) is 4.52 Å². The SMILES string of the molecule is Cc1nn2cc(C3CC(=O)CCN3)cnc2c1C. The third-order valence-electron chi connectivity index (χ3n) is 3.59. The molecule has 2 aromatic rings. The molecular weight excluding hydrogens is 228 g/mol. The molecule has 0 aliphatic carbocycles. The summed E-state index contributed by atoms with van der Waals surface area (Å²) in [7, 11) is 0. The van der Waals surface area contributed by atoms with Gasteiger partial charge in [0.2, 0.25) is 0 Å². The van der Waals surface area contributed by atoms with Crippen LogP contribution < -0.4 is 5.32 Å². The van der Waals surface area contributed by atoms with E-state index >= 15 is 0 Å². The van der Waals surface area contributed by atoms with Gasteiger partial charge in [-0.1, -0.05) is 0 Å². The van der Waals surface area contributed by atoms with Gasteiger partial charge in [-0.15, -0.1) is 0 Å². The highest BCUT2D eigenvalue weighted by Crippen LogP contribution is 2.21. The van der Waals surface area contributed by atoms with Crippen molar-refractivity contribution in [3.63, 3.8) is 0 Å². The van der Waals surface area contributed by atoms with Crippen LogP contribution in [0.2, 0.25) is 0 Å². The highest BCUT2D eigenvalue weighted by molar-refractivity contribution is 5.80. The zero-order chi connectivity index (χ0) is 12.7. The van der Waals surface area contributed by atoms with Crippen molar-refractivity contribution in [3.8, 4) is 0 Å². The fourth-order valence-electron chi connectivity index (χ4n) is 2.38. The van der Waals surface area contributed by atoms with E-state index in [9.17, 15) is 4.79 Å². The van der Waals surface area contributed by atoms with E-state index in [1.165, 1.54) is 0 Å². The van der Waals surface area contributed by atoms with Crippen molar-refractivity contribution in [2.45, 2.75) is 32.7 Å². The molecule has 3 heterocycles. The number of nitrogens with zero attached hydrogens (tertiary/aromatic N) is 3. The topological polar surface area (TPSA) is 59.3 Å². The molecule has 2 aromatic heterocycles. The van der Waals surface area contributed by atoms with Crippen molar-refractivity contribution in [3.05, 3.63) is 29.2 Å². The molecule has 1 aliphatic heterocycles. The van der Waals surface area contributed by atoms with Crippen LogP contribution in [0.4, 0.5) is 0 Å². The third kappa shape index (κ3) is 1.80. The molecule has 0 spiro atoms. The molecule has 0 bridgehead atoms. The van der Waals surface area contributed by atoms with Gasteiger partial charge < -0.3 is 5.32 Å². The van der Waals surface area contributed by atoms with Crippen molar-refractivity contribution >= 4 is 11.4 Å².